The van der Waals surface area contributed by atoms with E-state index in [0.29, 0.717) is 6.42 Å². The lowest BCUT2D eigenvalue weighted by Gasteiger charge is -2.21. The Hall–Kier alpha value is -2.26. The average molecular weight is 451 g/mol. The van der Waals surface area contributed by atoms with Gasteiger partial charge in [-0.1, -0.05) is 67.8 Å². The maximum absolute atomic E-state index is 12.3. The summed E-state index contributed by atoms with van der Waals surface area (Å²) in [6, 6.07) is 6.32. The number of aliphatic carboxylic acids is 1. The van der Waals surface area contributed by atoms with Gasteiger partial charge in [0, 0.05) is 5.92 Å². The van der Waals surface area contributed by atoms with Gasteiger partial charge in [-0.2, -0.15) is 13.4 Å². The lowest BCUT2D eigenvalue weighted by molar-refractivity contribution is -0.137. The van der Waals surface area contributed by atoms with Crippen LogP contribution >= 0.6 is 0 Å². The molecular weight excluding hydrogens is 420 g/mol. The van der Waals surface area contributed by atoms with Crippen LogP contribution in [-0.4, -0.2) is 29.6 Å². The number of hydrogen-bond acceptors (Lipinski definition) is 7. The van der Waals surface area contributed by atoms with Gasteiger partial charge in [-0.3, -0.25) is 8.98 Å². The van der Waals surface area contributed by atoms with Crippen LogP contribution in [0.4, 0.5) is 0 Å². The molecule has 0 amide bonds. The second-order valence-electron chi connectivity index (χ2n) is 8.31. The van der Waals surface area contributed by atoms with Crippen molar-refractivity contribution in [3.05, 3.63) is 41.5 Å². The smallest absolute Gasteiger partial charge is 0.304 e. The molecule has 1 fully saturated rings. The normalized spacial score (nSPS) is 16.3. The van der Waals surface area contributed by atoms with Crippen molar-refractivity contribution in [2.45, 2.75) is 82.1 Å². The van der Waals surface area contributed by atoms with Gasteiger partial charge in [0.2, 0.25) is 5.89 Å². The van der Waals surface area contributed by atoms with Gasteiger partial charge in [-0.05, 0) is 31.4 Å². The summed E-state index contributed by atoms with van der Waals surface area (Å²) in [4.78, 5) is 15.6. The minimum absolute atomic E-state index is 0.0493. The molecule has 0 bridgehead atoms. The van der Waals surface area contributed by atoms with Crippen molar-refractivity contribution in [2.75, 3.05) is 0 Å². The minimum Gasteiger partial charge on any atom is -0.481 e. The largest absolute Gasteiger partial charge is 0.481 e. The highest BCUT2D eigenvalue weighted by molar-refractivity contribution is 7.86. The Bertz CT molecular complexity index is 949. The van der Waals surface area contributed by atoms with E-state index >= 15 is 0 Å². The second-order valence-corrected chi connectivity index (χ2v) is 9.92. The number of carboxylic acids is 1. The summed E-state index contributed by atoms with van der Waals surface area (Å²) in [5.41, 5.74) is 0.940. The molecule has 1 aromatic carbocycles. The number of carbonyl (C=O) groups is 1. The van der Waals surface area contributed by atoms with Crippen LogP contribution in [0.15, 0.2) is 33.7 Å². The molecule has 1 N–H and O–H groups in total. The van der Waals surface area contributed by atoms with Crippen molar-refractivity contribution < 1.29 is 27.0 Å². The molecule has 0 spiro atoms. The summed E-state index contributed by atoms with van der Waals surface area (Å²) >= 11 is 0. The standard InChI is InChI=1S/C22H30N2O6S/c1-16-10-12-19(13-11-16)31(27,28)29-15-20-23-22(30-24-20)18(14-21(25)26)9-5-8-17-6-3-2-4-7-17/h10-13,17-18H,2-9,14-15H2,1H3,(H,25,26)/t18-/m1/s1. The highest BCUT2D eigenvalue weighted by atomic mass is 32.2. The monoisotopic (exact) mass is 450 g/mol. The van der Waals surface area contributed by atoms with E-state index in [1.807, 2.05) is 6.92 Å². The molecule has 0 unspecified atom stereocenters. The number of nitrogens with zero attached hydrogens (tertiary/aromatic N) is 2. The van der Waals surface area contributed by atoms with Crippen molar-refractivity contribution >= 4 is 16.1 Å². The first-order valence-electron chi connectivity index (χ1n) is 10.8. The molecule has 8 nitrogen and oxygen atoms in total. The van der Waals surface area contributed by atoms with Crippen LogP contribution in [0, 0.1) is 12.8 Å². The summed E-state index contributed by atoms with van der Waals surface area (Å²) in [5.74, 6) is -0.305. The second kappa shape index (κ2) is 10.9. The number of aromatic nitrogens is 2. The Balaban J connectivity index is 1.57. The quantitative estimate of drug-likeness (QED) is 0.494. The lowest BCUT2D eigenvalue weighted by atomic mass is 9.84. The molecule has 1 aromatic heterocycles. The molecule has 0 saturated heterocycles. The molecule has 0 radical (unpaired) electrons. The zero-order valence-corrected chi connectivity index (χ0v) is 18.6. The van der Waals surface area contributed by atoms with Gasteiger partial charge in [-0.25, -0.2) is 0 Å². The molecule has 31 heavy (non-hydrogen) atoms. The fourth-order valence-corrected chi connectivity index (χ4v) is 4.91. The molecule has 1 heterocycles. The van der Waals surface area contributed by atoms with Crippen molar-refractivity contribution in [3.8, 4) is 0 Å². The maximum Gasteiger partial charge on any atom is 0.304 e. The summed E-state index contributed by atoms with van der Waals surface area (Å²) in [6.07, 6.45) is 8.89. The molecular formula is C22H30N2O6S. The lowest BCUT2D eigenvalue weighted by Crippen LogP contribution is -2.10. The number of carboxylic acid groups (broad SMARTS) is 1. The first-order chi connectivity index (χ1) is 14.8. The molecule has 1 saturated carbocycles. The van der Waals surface area contributed by atoms with Gasteiger partial charge >= 0.3 is 5.97 Å². The molecule has 170 valence electrons. The van der Waals surface area contributed by atoms with Crippen LogP contribution in [-0.2, 0) is 25.7 Å². The zero-order chi connectivity index (χ0) is 22.3. The Kier molecular flexibility index (Phi) is 8.20. The van der Waals surface area contributed by atoms with E-state index in [-0.39, 0.29) is 29.6 Å². The van der Waals surface area contributed by atoms with Gasteiger partial charge in [-0.15, -0.1) is 0 Å². The van der Waals surface area contributed by atoms with Crippen LogP contribution in [0.1, 0.15) is 81.0 Å². The third-order valence-electron chi connectivity index (χ3n) is 5.80. The molecule has 2 aromatic rings. The summed E-state index contributed by atoms with van der Waals surface area (Å²) in [7, 11) is -3.95. The van der Waals surface area contributed by atoms with Crippen LogP contribution in [0.2, 0.25) is 0 Å². The van der Waals surface area contributed by atoms with E-state index in [0.717, 1.165) is 24.3 Å². The molecule has 1 aliphatic carbocycles. The summed E-state index contributed by atoms with van der Waals surface area (Å²) < 4.78 is 34.9. The molecule has 3 rings (SSSR count). The predicted molar refractivity (Wildman–Crippen MR) is 113 cm³/mol. The van der Waals surface area contributed by atoms with Crippen molar-refractivity contribution in [1.82, 2.24) is 10.1 Å². The Morgan fingerprint density at radius 1 is 1.23 bits per heavy atom. The van der Waals surface area contributed by atoms with E-state index in [1.165, 1.54) is 44.2 Å². The highest BCUT2D eigenvalue weighted by Crippen LogP contribution is 2.31. The van der Waals surface area contributed by atoms with Crippen LogP contribution < -0.4 is 0 Å². The van der Waals surface area contributed by atoms with Gasteiger partial charge in [0.25, 0.3) is 10.1 Å². The highest BCUT2D eigenvalue weighted by Gasteiger charge is 2.24. The van der Waals surface area contributed by atoms with Crippen LogP contribution in [0.3, 0.4) is 0 Å². The number of benzene rings is 1. The van der Waals surface area contributed by atoms with Gasteiger partial charge in [0.15, 0.2) is 5.82 Å². The molecule has 1 atom stereocenters. The first kappa shape index (κ1) is 23.4. The van der Waals surface area contributed by atoms with Gasteiger partial charge in [0.1, 0.15) is 6.61 Å². The van der Waals surface area contributed by atoms with Crippen molar-refractivity contribution in [3.63, 3.8) is 0 Å². The third-order valence-corrected chi connectivity index (χ3v) is 7.07. The molecule has 1 aliphatic rings. The van der Waals surface area contributed by atoms with Crippen LogP contribution in [0.5, 0.6) is 0 Å². The third kappa shape index (κ3) is 7.14. The number of aryl methyl sites for hydroxylation is 1. The number of rotatable bonds is 11. The van der Waals surface area contributed by atoms with Crippen molar-refractivity contribution in [2.24, 2.45) is 5.92 Å². The Morgan fingerprint density at radius 2 is 1.94 bits per heavy atom. The predicted octanol–water partition coefficient (Wildman–Crippen LogP) is 4.59. The Morgan fingerprint density at radius 3 is 2.61 bits per heavy atom. The van der Waals surface area contributed by atoms with Gasteiger partial charge in [0.05, 0.1) is 11.3 Å². The van der Waals surface area contributed by atoms with E-state index in [2.05, 4.69) is 10.1 Å². The number of hydrogen-bond donors (Lipinski definition) is 1. The van der Waals surface area contributed by atoms with E-state index in [9.17, 15) is 18.3 Å². The van der Waals surface area contributed by atoms with Crippen LogP contribution in [0.25, 0.3) is 0 Å². The van der Waals surface area contributed by atoms with E-state index in [4.69, 9.17) is 8.71 Å². The van der Waals surface area contributed by atoms with E-state index < -0.39 is 22.0 Å². The average Bonchev–Trinajstić information content (AvgIpc) is 3.22. The van der Waals surface area contributed by atoms with Gasteiger partial charge < -0.3 is 9.63 Å². The fourth-order valence-electron chi connectivity index (χ4n) is 4.05. The van der Waals surface area contributed by atoms with Crippen molar-refractivity contribution in [1.29, 1.82) is 0 Å². The SMILES string of the molecule is Cc1ccc(S(=O)(=O)OCc2noc([C@H](CCCC3CCCCC3)CC(=O)O)n2)cc1. The first-order valence-corrected chi connectivity index (χ1v) is 12.2. The molecule has 9 heteroatoms. The maximum atomic E-state index is 12.3. The zero-order valence-electron chi connectivity index (χ0n) is 17.8. The van der Waals surface area contributed by atoms with E-state index in [1.54, 1.807) is 12.1 Å². The molecule has 0 aliphatic heterocycles. The minimum atomic E-state index is -3.95. The Labute approximate surface area is 183 Å². The fraction of sp³-hybridized carbons (Fsp3) is 0.591. The summed E-state index contributed by atoms with van der Waals surface area (Å²) in [6.45, 7) is 1.49. The summed E-state index contributed by atoms with van der Waals surface area (Å²) in [5, 5.41) is 13.0. The topological polar surface area (TPSA) is 120 Å².